The number of aryl methyl sites for hydroxylation is 1. The first kappa shape index (κ1) is 24.0. The van der Waals surface area contributed by atoms with E-state index in [1.807, 2.05) is 19.0 Å². The molecule has 0 saturated heterocycles. The van der Waals surface area contributed by atoms with Gasteiger partial charge in [0, 0.05) is 33.1 Å². The highest BCUT2D eigenvalue weighted by Gasteiger charge is 2.31. The van der Waals surface area contributed by atoms with Crippen molar-refractivity contribution in [1.29, 1.82) is 0 Å². The molecule has 0 amide bonds. The normalized spacial score (nSPS) is 14.2. The number of H-pyrrole nitrogens is 1. The van der Waals surface area contributed by atoms with Gasteiger partial charge in [0.25, 0.3) is 5.56 Å². The average molecular weight is 457 g/mol. The number of nitrogens with zero attached hydrogens (tertiary/aromatic N) is 5. The number of anilines is 1. The van der Waals surface area contributed by atoms with Crippen molar-refractivity contribution >= 4 is 16.5 Å². The van der Waals surface area contributed by atoms with Crippen LogP contribution >= 0.6 is 0 Å². The summed E-state index contributed by atoms with van der Waals surface area (Å²) in [7, 11) is 3.67. The van der Waals surface area contributed by atoms with E-state index in [9.17, 15) is 13.6 Å². The first-order valence-electron chi connectivity index (χ1n) is 10.8. The molecule has 0 aliphatic carbocycles. The third kappa shape index (κ3) is 5.42. The average Bonchev–Trinajstić information content (AvgIpc) is 3.24. The zero-order valence-electron chi connectivity index (χ0n) is 19.2. The second kappa shape index (κ2) is 10.8. The topological polar surface area (TPSA) is 79.7 Å². The van der Waals surface area contributed by atoms with Crippen LogP contribution in [0.2, 0.25) is 0 Å². The number of nitrogens with one attached hydrogen (secondary N) is 1. The molecule has 0 unspecified atom stereocenters. The molecule has 0 bridgehead atoms. The smallest absolute Gasteiger partial charge is 0.272 e. The number of unbranched alkanes of at least 4 members (excludes halogenated alkanes) is 1. The Kier molecular flexibility index (Phi) is 7.87. The molecule has 0 radical (unpaired) electrons. The molecule has 3 heterocycles. The van der Waals surface area contributed by atoms with Gasteiger partial charge in [0.15, 0.2) is 0 Å². The Morgan fingerprint density at radius 2 is 1.79 bits per heavy atom. The SMILES string of the molecule is CCCC.CN1C[C@@H](c2ncnn2C)c2n[nH]c(=O)c3cc(F)cc1c23.Fc1ccccc1.[HH]. The van der Waals surface area contributed by atoms with Crippen LogP contribution in [0, 0.1) is 11.6 Å². The lowest BCUT2D eigenvalue weighted by molar-refractivity contribution is 0.610. The summed E-state index contributed by atoms with van der Waals surface area (Å²) in [5.74, 6) is -0.00547. The van der Waals surface area contributed by atoms with Gasteiger partial charge in [0.1, 0.15) is 23.8 Å². The van der Waals surface area contributed by atoms with E-state index >= 15 is 0 Å². The van der Waals surface area contributed by atoms with E-state index in [0.717, 1.165) is 5.82 Å². The summed E-state index contributed by atoms with van der Waals surface area (Å²) in [5, 5.41) is 11.7. The minimum absolute atomic E-state index is 0. The Balaban J connectivity index is 0.000000285. The predicted molar refractivity (Wildman–Crippen MR) is 128 cm³/mol. The van der Waals surface area contributed by atoms with Crippen LogP contribution < -0.4 is 10.5 Å². The first-order chi connectivity index (χ1) is 15.9. The molecule has 0 saturated carbocycles. The Morgan fingerprint density at radius 1 is 1.09 bits per heavy atom. The van der Waals surface area contributed by atoms with Gasteiger partial charge >= 0.3 is 0 Å². The van der Waals surface area contributed by atoms with Crippen LogP contribution in [-0.2, 0) is 7.05 Å². The fraction of sp³-hybridized carbons (Fsp3) is 0.333. The number of hydrogen-bond donors (Lipinski definition) is 1. The zero-order chi connectivity index (χ0) is 24.0. The quantitative estimate of drug-likeness (QED) is 0.475. The zero-order valence-corrected chi connectivity index (χ0v) is 19.2. The number of aromatic nitrogens is 5. The molecule has 5 rings (SSSR count). The molecule has 9 heteroatoms. The van der Waals surface area contributed by atoms with E-state index in [4.69, 9.17) is 0 Å². The van der Waals surface area contributed by atoms with Crippen molar-refractivity contribution in [3.8, 4) is 0 Å². The predicted octanol–water partition coefficient (Wildman–Crippen LogP) is 4.65. The van der Waals surface area contributed by atoms with Crippen LogP contribution in [-0.4, -0.2) is 38.6 Å². The highest BCUT2D eigenvalue weighted by Crippen LogP contribution is 2.38. The minimum Gasteiger partial charge on any atom is -0.373 e. The molecule has 1 aliphatic heterocycles. The Hall–Kier alpha value is -3.62. The summed E-state index contributed by atoms with van der Waals surface area (Å²) in [6.07, 6.45) is 4.12. The summed E-state index contributed by atoms with van der Waals surface area (Å²) in [5.41, 5.74) is 0.965. The van der Waals surface area contributed by atoms with Crippen molar-refractivity contribution < 1.29 is 10.2 Å². The lowest BCUT2D eigenvalue weighted by Gasteiger charge is -2.31. The molecule has 176 valence electrons. The van der Waals surface area contributed by atoms with E-state index in [0.29, 0.717) is 28.7 Å². The van der Waals surface area contributed by atoms with Crippen LogP contribution in [0.1, 0.15) is 45.6 Å². The summed E-state index contributed by atoms with van der Waals surface area (Å²) >= 11 is 0. The van der Waals surface area contributed by atoms with E-state index in [1.165, 1.54) is 43.4 Å². The van der Waals surface area contributed by atoms with Crippen molar-refractivity contribution in [2.75, 3.05) is 18.5 Å². The van der Waals surface area contributed by atoms with Gasteiger partial charge in [0.05, 0.1) is 17.0 Å². The fourth-order valence-corrected chi connectivity index (χ4v) is 3.52. The molecule has 2 aromatic heterocycles. The highest BCUT2D eigenvalue weighted by molar-refractivity contribution is 5.97. The number of benzene rings is 2. The number of rotatable bonds is 2. The molecule has 0 spiro atoms. The minimum atomic E-state index is -0.436. The van der Waals surface area contributed by atoms with Crippen molar-refractivity contribution in [3.63, 3.8) is 0 Å². The molecule has 1 N–H and O–H groups in total. The van der Waals surface area contributed by atoms with Crippen molar-refractivity contribution in [2.24, 2.45) is 7.05 Å². The molecule has 7 nitrogen and oxygen atoms in total. The van der Waals surface area contributed by atoms with Gasteiger partial charge in [-0.1, -0.05) is 44.9 Å². The summed E-state index contributed by atoms with van der Waals surface area (Å²) in [4.78, 5) is 18.2. The van der Waals surface area contributed by atoms with Crippen LogP contribution in [0.3, 0.4) is 0 Å². The van der Waals surface area contributed by atoms with E-state index in [2.05, 4.69) is 34.1 Å². The summed E-state index contributed by atoms with van der Waals surface area (Å²) < 4.78 is 27.4. The lowest BCUT2D eigenvalue weighted by Crippen LogP contribution is -2.33. The van der Waals surface area contributed by atoms with Gasteiger partial charge in [-0.25, -0.2) is 18.9 Å². The van der Waals surface area contributed by atoms with Crippen LogP contribution in [0.5, 0.6) is 0 Å². The highest BCUT2D eigenvalue weighted by atomic mass is 19.1. The molecule has 2 aromatic carbocycles. The monoisotopic (exact) mass is 456 g/mol. The molecular formula is C24H30F2N6O. The Labute approximate surface area is 192 Å². The largest absolute Gasteiger partial charge is 0.373 e. The first-order valence-corrected chi connectivity index (χ1v) is 10.8. The van der Waals surface area contributed by atoms with Gasteiger partial charge in [-0.3, -0.25) is 9.48 Å². The van der Waals surface area contributed by atoms with Crippen LogP contribution in [0.15, 0.2) is 53.6 Å². The second-order valence-electron chi connectivity index (χ2n) is 7.76. The molecule has 0 fully saturated rings. The Bertz CT molecular complexity index is 1260. The van der Waals surface area contributed by atoms with Gasteiger partial charge in [-0.15, -0.1) is 0 Å². The number of likely N-dealkylation sites (N-methyl/N-ethyl adjacent to an activating group) is 1. The van der Waals surface area contributed by atoms with Crippen LogP contribution in [0.25, 0.3) is 10.8 Å². The molecular weight excluding hydrogens is 426 g/mol. The lowest BCUT2D eigenvalue weighted by atomic mass is 9.93. The third-order valence-electron chi connectivity index (χ3n) is 5.35. The summed E-state index contributed by atoms with van der Waals surface area (Å²) in [6, 6.07) is 10.6. The maximum absolute atomic E-state index is 13.8. The molecule has 1 aliphatic rings. The van der Waals surface area contributed by atoms with Crippen molar-refractivity contribution in [2.45, 2.75) is 32.6 Å². The molecule has 33 heavy (non-hydrogen) atoms. The number of halogens is 2. The second-order valence-corrected chi connectivity index (χ2v) is 7.76. The standard InChI is InChI=1S/C14H13FN6O.C6H5F.C4H10.H2/c1-20-5-9(13-16-6-17-21(13)2)12-11-8(14(22)19-18-12)3-7(15)4-10(11)20;7-6-4-2-1-3-5-6;1-3-4-2;/h3-4,6,9H,5H2,1-2H3,(H,19,22);1-5H;3-4H2,1-2H3;1H/t9-;;;/m1.../s1. The maximum Gasteiger partial charge on any atom is 0.272 e. The van der Waals surface area contributed by atoms with Gasteiger partial charge < -0.3 is 4.90 Å². The Morgan fingerprint density at radius 3 is 2.33 bits per heavy atom. The summed E-state index contributed by atoms with van der Waals surface area (Å²) in [6.45, 7) is 4.94. The van der Waals surface area contributed by atoms with Gasteiger partial charge in [-0.2, -0.15) is 10.2 Å². The van der Waals surface area contributed by atoms with E-state index in [1.54, 1.807) is 22.9 Å². The van der Waals surface area contributed by atoms with Crippen LogP contribution in [0.4, 0.5) is 14.5 Å². The van der Waals surface area contributed by atoms with Crippen molar-refractivity contribution in [1.82, 2.24) is 25.0 Å². The van der Waals surface area contributed by atoms with E-state index in [-0.39, 0.29) is 13.2 Å². The van der Waals surface area contributed by atoms with Gasteiger partial charge in [0.2, 0.25) is 0 Å². The molecule has 1 atom stereocenters. The third-order valence-corrected chi connectivity index (χ3v) is 5.35. The fourth-order valence-electron chi connectivity index (χ4n) is 3.52. The van der Waals surface area contributed by atoms with E-state index < -0.39 is 11.4 Å². The number of hydrogen-bond acceptors (Lipinski definition) is 5. The van der Waals surface area contributed by atoms with Crippen molar-refractivity contribution in [3.05, 3.63) is 82.3 Å². The number of aromatic amines is 1. The molecule has 4 aromatic rings. The maximum atomic E-state index is 13.8. The van der Waals surface area contributed by atoms with Gasteiger partial charge in [-0.05, 0) is 24.3 Å².